The molecule has 114 valence electrons. The second kappa shape index (κ2) is 7.00. The van der Waals surface area contributed by atoms with Gasteiger partial charge in [0.25, 0.3) is 0 Å². The number of nitrogens with zero attached hydrogens (tertiary/aromatic N) is 3. The van der Waals surface area contributed by atoms with Crippen molar-refractivity contribution in [1.82, 2.24) is 15.0 Å². The van der Waals surface area contributed by atoms with Crippen molar-refractivity contribution in [3.63, 3.8) is 0 Å². The first-order valence-electron chi connectivity index (χ1n) is 6.78. The Morgan fingerprint density at radius 1 is 0.870 bits per heavy atom. The second-order valence-electron chi connectivity index (χ2n) is 4.66. The Kier molecular flexibility index (Phi) is 4.81. The van der Waals surface area contributed by atoms with Crippen molar-refractivity contribution in [3.8, 4) is 10.4 Å². The number of rotatable bonds is 3. The van der Waals surface area contributed by atoms with Gasteiger partial charge in [0.2, 0.25) is 0 Å². The Balaban J connectivity index is 0.00000156. The number of thiazole rings is 2. The molecule has 3 heterocycles. The summed E-state index contributed by atoms with van der Waals surface area (Å²) in [4.78, 5) is 14.3. The minimum atomic E-state index is 0. The largest absolute Gasteiger partial charge is 0.262 e. The van der Waals surface area contributed by atoms with Gasteiger partial charge < -0.3 is 0 Å². The number of fused-ring (bicyclic) bond motifs is 1. The first kappa shape index (κ1) is 15.8. The molecule has 3 aromatic heterocycles. The molecule has 0 fully saturated rings. The number of pyridine rings is 1. The van der Waals surface area contributed by atoms with Gasteiger partial charge in [-0.2, -0.15) is 0 Å². The predicted molar refractivity (Wildman–Crippen MR) is 101 cm³/mol. The molecule has 0 spiro atoms. The van der Waals surface area contributed by atoms with E-state index >= 15 is 0 Å². The normalized spacial score (nSPS) is 11.0. The molecule has 0 aliphatic heterocycles. The average Bonchev–Trinajstić information content (AvgIpc) is 3.20. The summed E-state index contributed by atoms with van der Waals surface area (Å²) < 4.78 is 1.15. The molecular weight excluding hydrogens is 346 g/mol. The van der Waals surface area contributed by atoms with Crippen LogP contribution >= 0.6 is 35.1 Å². The van der Waals surface area contributed by atoms with E-state index < -0.39 is 0 Å². The van der Waals surface area contributed by atoms with Crippen molar-refractivity contribution in [2.75, 3.05) is 0 Å². The number of hydrogen-bond donors (Lipinski definition) is 0. The molecule has 0 aliphatic carbocycles. The first-order chi connectivity index (χ1) is 10.9. The molecular formula is C17H12ClN3S2. The summed E-state index contributed by atoms with van der Waals surface area (Å²) in [6.07, 6.45) is 9.53. The third-order valence-electron chi connectivity index (χ3n) is 3.16. The Bertz CT molecular complexity index is 912. The Labute approximate surface area is 147 Å². The molecule has 6 heteroatoms. The molecule has 0 bridgehead atoms. The van der Waals surface area contributed by atoms with Crippen LogP contribution in [-0.4, -0.2) is 15.0 Å². The van der Waals surface area contributed by atoms with Gasteiger partial charge in [-0.15, -0.1) is 35.1 Å². The van der Waals surface area contributed by atoms with Crippen LogP contribution in [0.25, 0.3) is 32.8 Å². The van der Waals surface area contributed by atoms with Crippen LogP contribution in [0.2, 0.25) is 0 Å². The fraction of sp³-hybridized carbons (Fsp3) is 0. The van der Waals surface area contributed by atoms with Gasteiger partial charge in [-0.25, -0.2) is 9.97 Å². The Morgan fingerprint density at radius 2 is 1.70 bits per heavy atom. The van der Waals surface area contributed by atoms with Crippen molar-refractivity contribution in [3.05, 3.63) is 65.0 Å². The monoisotopic (exact) mass is 357 g/mol. The van der Waals surface area contributed by atoms with Gasteiger partial charge in [-0.1, -0.05) is 30.3 Å². The molecule has 4 rings (SSSR count). The van der Waals surface area contributed by atoms with E-state index in [2.05, 4.69) is 27.1 Å². The zero-order valence-electron chi connectivity index (χ0n) is 11.9. The van der Waals surface area contributed by atoms with E-state index in [1.807, 2.05) is 42.6 Å². The third-order valence-corrected chi connectivity index (χ3v) is 5.17. The molecule has 0 amide bonds. The summed E-state index contributed by atoms with van der Waals surface area (Å²) in [7, 11) is 0. The van der Waals surface area contributed by atoms with Crippen LogP contribution in [0.1, 0.15) is 10.0 Å². The zero-order chi connectivity index (χ0) is 14.8. The molecule has 0 N–H and O–H groups in total. The standard InChI is InChI=1S/C17H11N3S2.ClH/c1-2-4-12(5-3-1)15-11-19-16(22-15)6-7-17-20-13-10-18-9-8-14(13)21-17;/h1-11H;1H/b7-6+;. The van der Waals surface area contributed by atoms with Crippen molar-refractivity contribution in [2.45, 2.75) is 0 Å². The SMILES string of the molecule is C(=C\c1nc2cnccc2s1)/c1ncc(-c2ccccc2)s1.Cl. The van der Waals surface area contributed by atoms with Crippen LogP contribution in [0, 0.1) is 0 Å². The number of aromatic nitrogens is 3. The third kappa shape index (κ3) is 3.47. The molecule has 0 saturated heterocycles. The number of hydrogen-bond acceptors (Lipinski definition) is 5. The quantitative estimate of drug-likeness (QED) is 0.492. The summed E-state index contributed by atoms with van der Waals surface area (Å²) in [5.74, 6) is 0. The lowest BCUT2D eigenvalue weighted by atomic mass is 10.2. The van der Waals surface area contributed by atoms with Crippen LogP contribution in [0.3, 0.4) is 0 Å². The second-order valence-corrected chi connectivity index (χ2v) is 6.78. The van der Waals surface area contributed by atoms with Crippen molar-refractivity contribution < 1.29 is 0 Å². The van der Waals surface area contributed by atoms with Crippen LogP contribution in [0.5, 0.6) is 0 Å². The average molecular weight is 358 g/mol. The van der Waals surface area contributed by atoms with Crippen molar-refractivity contribution >= 4 is 57.4 Å². The summed E-state index contributed by atoms with van der Waals surface area (Å²) >= 11 is 3.34. The minimum Gasteiger partial charge on any atom is -0.262 e. The highest BCUT2D eigenvalue weighted by Crippen LogP contribution is 2.27. The van der Waals surface area contributed by atoms with E-state index in [9.17, 15) is 0 Å². The lowest BCUT2D eigenvalue weighted by Gasteiger charge is -1.92. The van der Waals surface area contributed by atoms with Crippen molar-refractivity contribution in [2.24, 2.45) is 0 Å². The Hall–Kier alpha value is -2.08. The summed E-state index contributed by atoms with van der Waals surface area (Å²) in [5, 5.41) is 1.95. The smallest absolute Gasteiger partial charge is 0.117 e. The molecule has 4 aromatic rings. The van der Waals surface area contributed by atoms with E-state index in [-0.39, 0.29) is 12.4 Å². The van der Waals surface area contributed by atoms with Crippen LogP contribution in [-0.2, 0) is 0 Å². The van der Waals surface area contributed by atoms with Gasteiger partial charge in [0, 0.05) is 12.4 Å². The molecule has 0 unspecified atom stereocenters. The highest BCUT2D eigenvalue weighted by molar-refractivity contribution is 7.19. The molecule has 3 nitrogen and oxygen atoms in total. The summed E-state index contributed by atoms with van der Waals surface area (Å²) in [6.45, 7) is 0. The van der Waals surface area contributed by atoms with Gasteiger partial charge in [-0.3, -0.25) is 4.98 Å². The molecule has 23 heavy (non-hydrogen) atoms. The zero-order valence-corrected chi connectivity index (χ0v) is 14.4. The molecule has 0 radical (unpaired) electrons. The summed E-state index contributed by atoms with van der Waals surface area (Å²) in [6, 6.07) is 12.3. The van der Waals surface area contributed by atoms with Gasteiger partial charge >= 0.3 is 0 Å². The Morgan fingerprint density at radius 3 is 2.52 bits per heavy atom. The van der Waals surface area contributed by atoms with E-state index in [0.29, 0.717) is 0 Å². The molecule has 0 saturated carbocycles. The fourth-order valence-corrected chi connectivity index (χ4v) is 3.78. The fourth-order valence-electron chi connectivity index (χ4n) is 2.11. The van der Waals surface area contributed by atoms with E-state index in [0.717, 1.165) is 20.2 Å². The van der Waals surface area contributed by atoms with Crippen LogP contribution in [0.4, 0.5) is 0 Å². The van der Waals surface area contributed by atoms with Gasteiger partial charge in [0.05, 0.1) is 15.8 Å². The van der Waals surface area contributed by atoms with Crippen molar-refractivity contribution in [1.29, 1.82) is 0 Å². The maximum absolute atomic E-state index is 4.54. The summed E-state index contributed by atoms with van der Waals surface area (Å²) in [5.41, 5.74) is 2.14. The number of benzene rings is 1. The topological polar surface area (TPSA) is 38.7 Å². The first-order valence-corrected chi connectivity index (χ1v) is 8.42. The highest BCUT2D eigenvalue weighted by atomic mass is 35.5. The van der Waals surface area contributed by atoms with Gasteiger partial charge in [0.1, 0.15) is 15.5 Å². The maximum Gasteiger partial charge on any atom is 0.117 e. The molecule has 0 aliphatic rings. The van der Waals surface area contributed by atoms with E-state index in [1.165, 1.54) is 10.4 Å². The molecule has 1 aromatic carbocycles. The maximum atomic E-state index is 4.54. The van der Waals surface area contributed by atoms with Crippen LogP contribution in [0.15, 0.2) is 55.0 Å². The lowest BCUT2D eigenvalue weighted by Crippen LogP contribution is -1.71. The minimum absolute atomic E-state index is 0. The van der Waals surface area contributed by atoms with Crippen LogP contribution < -0.4 is 0 Å². The van der Waals surface area contributed by atoms with Gasteiger partial charge in [-0.05, 0) is 23.8 Å². The predicted octanol–water partition coefficient (Wildman–Crippen LogP) is 5.41. The van der Waals surface area contributed by atoms with E-state index in [4.69, 9.17) is 0 Å². The highest BCUT2D eigenvalue weighted by Gasteiger charge is 2.03. The number of halogens is 1. The molecule has 0 atom stereocenters. The van der Waals surface area contributed by atoms with E-state index in [1.54, 1.807) is 35.1 Å². The van der Waals surface area contributed by atoms with Gasteiger partial charge in [0.15, 0.2) is 0 Å². The lowest BCUT2D eigenvalue weighted by molar-refractivity contribution is 1.33.